The number of nitrogens with one attached hydrogen (secondary N) is 2. The Balaban J connectivity index is 2.69. The van der Waals surface area contributed by atoms with Gasteiger partial charge in [0.1, 0.15) is 0 Å². The topological polar surface area (TPSA) is 70.6 Å². The van der Waals surface area contributed by atoms with E-state index in [0.717, 1.165) is 6.08 Å². The largest absolute Gasteiger partial charge is 0.352 e. The van der Waals surface area contributed by atoms with Crippen LogP contribution in [0.5, 0.6) is 0 Å². The van der Waals surface area contributed by atoms with Gasteiger partial charge in [0, 0.05) is 12.6 Å². The summed E-state index contributed by atoms with van der Waals surface area (Å²) in [6.07, 6.45) is 2.41. The lowest BCUT2D eigenvalue weighted by Crippen LogP contribution is -2.19. The SMILES string of the molecule is CCNC(=O)C=C=C1N=CNC1=O. The molecule has 0 fully saturated rings. The van der Waals surface area contributed by atoms with E-state index in [1.807, 2.05) is 0 Å². The number of amides is 2. The average Bonchev–Trinajstić information content (AvgIpc) is 2.48. The number of rotatable bonds is 2. The molecule has 1 heterocycles. The lowest BCUT2D eigenvalue weighted by atomic mass is 10.4. The van der Waals surface area contributed by atoms with E-state index in [1.165, 1.54) is 6.34 Å². The normalized spacial score (nSPS) is 13.6. The molecule has 5 heteroatoms. The fourth-order valence-electron chi connectivity index (χ4n) is 0.744. The molecule has 0 aromatic heterocycles. The third-order valence-corrected chi connectivity index (χ3v) is 1.30. The first-order valence-corrected chi connectivity index (χ1v) is 3.82. The van der Waals surface area contributed by atoms with Gasteiger partial charge in [-0.15, -0.1) is 0 Å². The van der Waals surface area contributed by atoms with Crippen molar-refractivity contribution in [3.63, 3.8) is 0 Å². The van der Waals surface area contributed by atoms with Crippen LogP contribution in [-0.4, -0.2) is 24.7 Å². The summed E-state index contributed by atoms with van der Waals surface area (Å²) in [5.41, 5.74) is 2.60. The molecule has 0 aromatic rings. The average molecular weight is 179 g/mol. The van der Waals surface area contributed by atoms with Crippen molar-refractivity contribution in [2.45, 2.75) is 6.92 Å². The second-order valence-electron chi connectivity index (χ2n) is 2.26. The van der Waals surface area contributed by atoms with Crippen molar-refractivity contribution in [1.82, 2.24) is 10.6 Å². The van der Waals surface area contributed by atoms with Gasteiger partial charge in [-0.3, -0.25) is 9.59 Å². The van der Waals surface area contributed by atoms with Crippen molar-refractivity contribution in [3.05, 3.63) is 17.5 Å². The highest BCUT2D eigenvalue weighted by Gasteiger charge is 2.10. The molecule has 1 rings (SSSR count). The zero-order valence-corrected chi connectivity index (χ0v) is 7.13. The molecule has 0 aliphatic carbocycles. The molecule has 2 amide bonds. The van der Waals surface area contributed by atoms with Crippen LogP contribution in [0.2, 0.25) is 0 Å². The molecular formula is C8H9N3O2. The van der Waals surface area contributed by atoms with Crippen LogP contribution in [0, 0.1) is 0 Å². The molecule has 0 saturated carbocycles. The van der Waals surface area contributed by atoms with E-state index in [0.29, 0.717) is 6.54 Å². The van der Waals surface area contributed by atoms with E-state index < -0.39 is 0 Å². The van der Waals surface area contributed by atoms with Crippen molar-refractivity contribution in [3.8, 4) is 0 Å². The summed E-state index contributed by atoms with van der Waals surface area (Å²) in [4.78, 5) is 25.4. The Bertz CT molecular complexity index is 324. The Hall–Kier alpha value is -1.87. The highest BCUT2D eigenvalue weighted by Crippen LogP contribution is 1.97. The minimum absolute atomic E-state index is 0.117. The quantitative estimate of drug-likeness (QED) is 0.435. The third-order valence-electron chi connectivity index (χ3n) is 1.30. The summed E-state index contributed by atoms with van der Waals surface area (Å²) in [6, 6.07) is 0. The van der Waals surface area contributed by atoms with Gasteiger partial charge >= 0.3 is 0 Å². The predicted molar refractivity (Wildman–Crippen MR) is 46.9 cm³/mol. The smallest absolute Gasteiger partial charge is 0.283 e. The number of nitrogens with zero attached hydrogens (tertiary/aromatic N) is 1. The van der Waals surface area contributed by atoms with Crippen LogP contribution in [0.1, 0.15) is 6.92 Å². The highest BCUT2D eigenvalue weighted by atomic mass is 16.2. The maximum atomic E-state index is 10.9. The Labute approximate surface area is 75.2 Å². The van der Waals surface area contributed by atoms with Crippen LogP contribution < -0.4 is 10.6 Å². The summed E-state index contributed by atoms with van der Waals surface area (Å²) in [5.74, 6) is -0.634. The second-order valence-corrected chi connectivity index (χ2v) is 2.26. The molecule has 0 atom stereocenters. The fourth-order valence-corrected chi connectivity index (χ4v) is 0.744. The molecule has 1 aliphatic rings. The molecule has 0 spiro atoms. The van der Waals surface area contributed by atoms with E-state index in [9.17, 15) is 9.59 Å². The predicted octanol–water partition coefficient (Wildman–Crippen LogP) is -0.680. The fraction of sp³-hybridized carbons (Fsp3) is 0.250. The molecule has 13 heavy (non-hydrogen) atoms. The summed E-state index contributed by atoms with van der Waals surface area (Å²) < 4.78 is 0. The monoisotopic (exact) mass is 179 g/mol. The Morgan fingerprint density at radius 1 is 1.85 bits per heavy atom. The van der Waals surface area contributed by atoms with Gasteiger partial charge in [-0.2, -0.15) is 0 Å². The molecule has 0 bridgehead atoms. The highest BCUT2D eigenvalue weighted by molar-refractivity contribution is 6.05. The number of hydrogen-bond donors (Lipinski definition) is 2. The maximum absolute atomic E-state index is 10.9. The summed E-state index contributed by atoms with van der Waals surface area (Å²) in [6.45, 7) is 2.35. The van der Waals surface area contributed by atoms with Crippen molar-refractivity contribution >= 4 is 18.2 Å². The van der Waals surface area contributed by atoms with Crippen LogP contribution in [0.4, 0.5) is 0 Å². The van der Waals surface area contributed by atoms with Gasteiger partial charge in [0.05, 0.1) is 6.34 Å². The van der Waals surface area contributed by atoms with Crippen LogP contribution in [0.25, 0.3) is 0 Å². The van der Waals surface area contributed by atoms with Crippen LogP contribution in [0.15, 0.2) is 22.5 Å². The lowest BCUT2D eigenvalue weighted by molar-refractivity contribution is -0.116. The van der Waals surface area contributed by atoms with Crippen LogP contribution in [-0.2, 0) is 9.59 Å². The molecule has 5 nitrogen and oxygen atoms in total. The molecule has 0 saturated heterocycles. The summed E-state index contributed by atoms with van der Waals surface area (Å²) in [5, 5.41) is 4.87. The Morgan fingerprint density at radius 2 is 2.62 bits per heavy atom. The number of aliphatic imine (C=N–C) groups is 1. The molecule has 0 unspecified atom stereocenters. The Kier molecular flexibility index (Phi) is 3.00. The van der Waals surface area contributed by atoms with Crippen molar-refractivity contribution in [1.29, 1.82) is 0 Å². The van der Waals surface area contributed by atoms with E-state index in [-0.39, 0.29) is 17.5 Å². The van der Waals surface area contributed by atoms with Gasteiger partial charge in [0.15, 0.2) is 5.70 Å². The minimum Gasteiger partial charge on any atom is -0.352 e. The molecular weight excluding hydrogens is 170 g/mol. The molecule has 0 aromatic carbocycles. The van der Waals surface area contributed by atoms with Crippen molar-refractivity contribution in [2.75, 3.05) is 6.54 Å². The second kappa shape index (κ2) is 4.23. The van der Waals surface area contributed by atoms with E-state index in [2.05, 4.69) is 21.4 Å². The van der Waals surface area contributed by atoms with Crippen molar-refractivity contribution < 1.29 is 9.59 Å². The van der Waals surface area contributed by atoms with Crippen LogP contribution >= 0.6 is 0 Å². The maximum Gasteiger partial charge on any atom is 0.283 e. The molecule has 0 radical (unpaired) electrons. The van der Waals surface area contributed by atoms with E-state index in [1.54, 1.807) is 6.92 Å². The minimum atomic E-state index is -0.347. The van der Waals surface area contributed by atoms with Crippen molar-refractivity contribution in [2.24, 2.45) is 4.99 Å². The first-order valence-electron chi connectivity index (χ1n) is 3.82. The molecule has 68 valence electrons. The van der Waals surface area contributed by atoms with Gasteiger partial charge in [-0.05, 0) is 6.92 Å². The van der Waals surface area contributed by atoms with Crippen LogP contribution in [0.3, 0.4) is 0 Å². The molecule has 1 aliphatic heterocycles. The number of hydrogen-bond acceptors (Lipinski definition) is 3. The number of carbonyl (C=O) groups is 2. The van der Waals surface area contributed by atoms with Gasteiger partial charge in [0.25, 0.3) is 11.8 Å². The first kappa shape index (κ1) is 9.22. The van der Waals surface area contributed by atoms with E-state index in [4.69, 9.17) is 0 Å². The summed E-state index contributed by atoms with van der Waals surface area (Å²) >= 11 is 0. The molecule has 2 N–H and O–H groups in total. The zero-order chi connectivity index (χ0) is 9.68. The van der Waals surface area contributed by atoms with Gasteiger partial charge in [-0.25, -0.2) is 4.99 Å². The van der Waals surface area contributed by atoms with Gasteiger partial charge in [-0.1, -0.05) is 5.73 Å². The lowest BCUT2D eigenvalue weighted by Gasteiger charge is -1.91. The standard InChI is InChI=1S/C8H9N3O2/c1-2-9-7(12)4-3-6-8(13)11-5-10-6/h4-5H,2H2,1H3,(H,9,12)(H,10,11,13). The van der Waals surface area contributed by atoms with Gasteiger partial charge < -0.3 is 10.6 Å². The van der Waals surface area contributed by atoms with Gasteiger partial charge in [0.2, 0.25) is 0 Å². The number of carbonyl (C=O) groups excluding carboxylic acids is 2. The van der Waals surface area contributed by atoms with E-state index >= 15 is 0 Å². The first-order chi connectivity index (χ1) is 6.24. The summed E-state index contributed by atoms with van der Waals surface area (Å²) in [7, 11) is 0. The zero-order valence-electron chi connectivity index (χ0n) is 7.13. The number of likely N-dealkylation sites (N-methyl/N-ethyl adjacent to an activating group) is 1. The third kappa shape index (κ3) is 2.57. The Morgan fingerprint density at radius 3 is 3.15 bits per heavy atom.